The molecule has 31 heavy (non-hydrogen) atoms. The van der Waals surface area contributed by atoms with E-state index >= 15 is 0 Å². The fourth-order valence-corrected chi connectivity index (χ4v) is 3.97. The van der Waals surface area contributed by atoms with Gasteiger partial charge in [-0.05, 0) is 37.1 Å². The topological polar surface area (TPSA) is 57.8 Å². The Bertz CT molecular complexity index is 1410. The predicted molar refractivity (Wildman–Crippen MR) is 126 cm³/mol. The van der Waals surface area contributed by atoms with Gasteiger partial charge in [-0.25, -0.2) is 4.98 Å². The molecule has 152 valence electrons. The van der Waals surface area contributed by atoms with Gasteiger partial charge in [0, 0.05) is 28.4 Å². The number of fused-ring (bicyclic) bond motifs is 3. The van der Waals surface area contributed by atoms with Crippen molar-refractivity contribution in [1.82, 2.24) is 15.3 Å². The summed E-state index contributed by atoms with van der Waals surface area (Å²) in [6.45, 7) is 4.58. The highest BCUT2D eigenvalue weighted by molar-refractivity contribution is 6.13. The van der Waals surface area contributed by atoms with E-state index < -0.39 is 0 Å². The molecular weight excluding hydrogens is 382 g/mol. The fourth-order valence-electron chi connectivity index (χ4n) is 3.97. The Balaban J connectivity index is 1.61. The number of nitrogens with one attached hydrogen (secondary N) is 2. The van der Waals surface area contributed by atoms with Crippen molar-refractivity contribution in [2.75, 3.05) is 0 Å². The van der Waals surface area contributed by atoms with Gasteiger partial charge in [0.1, 0.15) is 5.69 Å². The quantitative estimate of drug-likeness (QED) is 0.389. The lowest BCUT2D eigenvalue weighted by Gasteiger charge is -2.10. The molecule has 0 saturated heterocycles. The molecule has 5 aromatic rings. The lowest BCUT2D eigenvalue weighted by molar-refractivity contribution is 0.0946. The zero-order chi connectivity index (χ0) is 21.4. The molecule has 0 aliphatic carbocycles. The van der Waals surface area contributed by atoms with Crippen LogP contribution in [0, 0.1) is 13.8 Å². The first-order chi connectivity index (χ1) is 15.1. The number of aromatic nitrogens is 2. The molecule has 2 aromatic heterocycles. The van der Waals surface area contributed by atoms with E-state index in [4.69, 9.17) is 4.98 Å². The van der Waals surface area contributed by atoms with Crippen LogP contribution >= 0.6 is 0 Å². The number of carbonyl (C=O) groups excluding carboxylic acids is 1. The maximum absolute atomic E-state index is 13.1. The van der Waals surface area contributed by atoms with Crippen LogP contribution in [0.1, 0.15) is 27.2 Å². The minimum atomic E-state index is -0.178. The van der Waals surface area contributed by atoms with E-state index in [1.54, 1.807) is 0 Å². The van der Waals surface area contributed by atoms with Crippen molar-refractivity contribution in [3.05, 3.63) is 101 Å². The third kappa shape index (κ3) is 3.57. The molecule has 0 bridgehead atoms. The van der Waals surface area contributed by atoms with E-state index in [0.717, 1.165) is 44.2 Å². The predicted octanol–water partition coefficient (Wildman–Crippen LogP) is 5.93. The van der Waals surface area contributed by atoms with Crippen LogP contribution in [0.3, 0.4) is 0 Å². The van der Waals surface area contributed by atoms with Crippen molar-refractivity contribution in [3.63, 3.8) is 0 Å². The number of aromatic amines is 1. The van der Waals surface area contributed by atoms with E-state index in [2.05, 4.69) is 42.3 Å². The van der Waals surface area contributed by atoms with E-state index in [-0.39, 0.29) is 5.91 Å². The zero-order valence-electron chi connectivity index (χ0n) is 17.6. The van der Waals surface area contributed by atoms with Gasteiger partial charge in [0.15, 0.2) is 0 Å². The molecule has 4 heteroatoms. The van der Waals surface area contributed by atoms with Crippen LogP contribution in [0.2, 0.25) is 0 Å². The number of para-hydroxylation sites is 1. The summed E-state index contributed by atoms with van der Waals surface area (Å²) in [5, 5.41) is 5.11. The van der Waals surface area contributed by atoms with Crippen LogP contribution in [0.5, 0.6) is 0 Å². The Morgan fingerprint density at radius 1 is 0.903 bits per heavy atom. The standard InChI is InChI=1S/C27H23N3O/c1-17-11-13-19(14-12-17)16-28-27(31)24-15-22-21-9-5-6-10-23(21)29-26(22)25(30-24)20-8-4-3-7-18(20)2/h3-15,29H,16H2,1-2H3,(H,28,31). The highest BCUT2D eigenvalue weighted by Gasteiger charge is 2.17. The molecule has 4 nitrogen and oxygen atoms in total. The maximum atomic E-state index is 13.1. The number of H-pyrrole nitrogens is 1. The number of carbonyl (C=O) groups is 1. The van der Waals surface area contributed by atoms with Crippen LogP contribution in [0.4, 0.5) is 0 Å². The summed E-state index contributed by atoms with van der Waals surface area (Å²) in [6, 6.07) is 26.3. The third-order valence-electron chi connectivity index (χ3n) is 5.70. The van der Waals surface area contributed by atoms with Crippen LogP contribution < -0.4 is 5.32 Å². The first kappa shape index (κ1) is 19.1. The van der Waals surface area contributed by atoms with Crippen LogP contribution in [0.25, 0.3) is 33.1 Å². The molecule has 0 unspecified atom stereocenters. The average Bonchev–Trinajstić information content (AvgIpc) is 3.17. The molecule has 0 fully saturated rings. The summed E-state index contributed by atoms with van der Waals surface area (Å²) >= 11 is 0. The van der Waals surface area contributed by atoms with Crippen molar-refractivity contribution in [2.45, 2.75) is 20.4 Å². The second-order valence-electron chi connectivity index (χ2n) is 7.93. The number of amides is 1. The monoisotopic (exact) mass is 405 g/mol. The Kier molecular flexibility index (Phi) is 4.75. The van der Waals surface area contributed by atoms with Crippen LogP contribution in [-0.2, 0) is 6.54 Å². The maximum Gasteiger partial charge on any atom is 0.270 e. The van der Waals surface area contributed by atoms with Gasteiger partial charge >= 0.3 is 0 Å². The molecule has 0 saturated carbocycles. The van der Waals surface area contributed by atoms with Gasteiger partial charge in [-0.2, -0.15) is 0 Å². The van der Waals surface area contributed by atoms with Crippen molar-refractivity contribution >= 4 is 27.7 Å². The SMILES string of the molecule is Cc1ccc(CNC(=O)c2cc3c([nH]c4ccccc43)c(-c3ccccc3C)n2)cc1. The summed E-state index contributed by atoms with van der Waals surface area (Å²) in [6.07, 6.45) is 0. The van der Waals surface area contributed by atoms with Gasteiger partial charge in [-0.3, -0.25) is 4.79 Å². The number of aryl methyl sites for hydroxylation is 2. The van der Waals surface area contributed by atoms with Gasteiger partial charge < -0.3 is 10.3 Å². The van der Waals surface area contributed by atoms with Crippen molar-refractivity contribution in [2.24, 2.45) is 0 Å². The average molecular weight is 406 g/mol. The largest absolute Gasteiger partial charge is 0.353 e. The molecule has 2 N–H and O–H groups in total. The highest BCUT2D eigenvalue weighted by Crippen LogP contribution is 2.33. The second-order valence-corrected chi connectivity index (χ2v) is 7.93. The molecule has 5 rings (SSSR count). The Morgan fingerprint density at radius 2 is 1.65 bits per heavy atom. The van der Waals surface area contributed by atoms with E-state index in [0.29, 0.717) is 12.2 Å². The minimum absolute atomic E-state index is 0.178. The molecule has 0 aliphatic heterocycles. The van der Waals surface area contributed by atoms with Crippen molar-refractivity contribution in [3.8, 4) is 11.3 Å². The van der Waals surface area contributed by atoms with Crippen molar-refractivity contribution < 1.29 is 4.79 Å². The van der Waals surface area contributed by atoms with E-state index in [1.165, 1.54) is 5.56 Å². The molecule has 0 radical (unpaired) electrons. The second kappa shape index (κ2) is 7.73. The molecule has 3 aromatic carbocycles. The Hall–Kier alpha value is -3.92. The van der Waals surface area contributed by atoms with Crippen LogP contribution in [-0.4, -0.2) is 15.9 Å². The molecule has 0 atom stereocenters. The van der Waals surface area contributed by atoms with Crippen LogP contribution in [0.15, 0.2) is 78.9 Å². The first-order valence-corrected chi connectivity index (χ1v) is 10.4. The van der Waals surface area contributed by atoms with E-state index in [1.807, 2.05) is 60.7 Å². The van der Waals surface area contributed by atoms with Gasteiger partial charge in [-0.1, -0.05) is 72.3 Å². The summed E-state index contributed by atoms with van der Waals surface area (Å²) in [5.41, 5.74) is 7.60. The van der Waals surface area contributed by atoms with Gasteiger partial charge in [-0.15, -0.1) is 0 Å². The van der Waals surface area contributed by atoms with Gasteiger partial charge in [0.25, 0.3) is 5.91 Å². The third-order valence-corrected chi connectivity index (χ3v) is 5.70. The fraction of sp³-hybridized carbons (Fsp3) is 0.111. The molecule has 0 aliphatic rings. The Morgan fingerprint density at radius 3 is 2.45 bits per heavy atom. The number of pyridine rings is 1. The lowest BCUT2D eigenvalue weighted by atomic mass is 10.0. The van der Waals surface area contributed by atoms with Gasteiger partial charge in [0.2, 0.25) is 0 Å². The summed E-state index contributed by atoms with van der Waals surface area (Å²) < 4.78 is 0. The molecule has 2 heterocycles. The number of rotatable bonds is 4. The number of benzene rings is 3. The number of hydrogen-bond acceptors (Lipinski definition) is 2. The Labute approximate surface area is 181 Å². The molecule has 1 amide bonds. The normalized spacial score (nSPS) is 11.2. The van der Waals surface area contributed by atoms with Crippen molar-refractivity contribution in [1.29, 1.82) is 0 Å². The molecule has 0 spiro atoms. The smallest absolute Gasteiger partial charge is 0.270 e. The lowest BCUT2D eigenvalue weighted by Crippen LogP contribution is -2.24. The highest BCUT2D eigenvalue weighted by atomic mass is 16.1. The van der Waals surface area contributed by atoms with E-state index in [9.17, 15) is 4.79 Å². The van der Waals surface area contributed by atoms with Gasteiger partial charge in [0.05, 0.1) is 11.2 Å². The number of nitrogens with zero attached hydrogens (tertiary/aromatic N) is 1. The minimum Gasteiger partial charge on any atom is -0.353 e. The zero-order valence-corrected chi connectivity index (χ0v) is 17.6. The summed E-state index contributed by atoms with van der Waals surface area (Å²) in [5.74, 6) is -0.178. The summed E-state index contributed by atoms with van der Waals surface area (Å²) in [7, 11) is 0. The summed E-state index contributed by atoms with van der Waals surface area (Å²) in [4.78, 5) is 21.4. The number of hydrogen-bond donors (Lipinski definition) is 2. The molecular formula is C27H23N3O. The first-order valence-electron chi connectivity index (χ1n) is 10.4.